The molecule has 0 aliphatic carbocycles. The highest BCUT2D eigenvalue weighted by molar-refractivity contribution is 7.89. The maximum Gasteiger partial charge on any atom is 0.342 e. The minimum absolute atomic E-state index is 0.0891. The molecule has 1 aliphatic rings. The number of piperazine rings is 1. The van der Waals surface area contributed by atoms with Crippen LogP contribution in [-0.2, 0) is 19.6 Å². The van der Waals surface area contributed by atoms with Crippen molar-refractivity contribution < 1.29 is 27.2 Å². The highest BCUT2D eigenvalue weighted by Gasteiger charge is 2.37. The Kier molecular flexibility index (Phi) is 6.37. The quantitative estimate of drug-likeness (QED) is 0.520. The summed E-state index contributed by atoms with van der Waals surface area (Å²) in [4.78, 5) is 29.8. The SMILES string of the molecule is COC(=O)c1c(C)oc(C)c1S(=O)(=O)N1CCN(C(=O)C=Cc2ccncc2)CC1. The number of hydrogen-bond acceptors (Lipinski definition) is 7. The minimum atomic E-state index is -3.99. The van der Waals surface area contributed by atoms with Crippen molar-refractivity contribution in [3.63, 3.8) is 0 Å². The number of esters is 1. The monoisotopic (exact) mass is 433 g/mol. The summed E-state index contributed by atoms with van der Waals surface area (Å²) in [6.45, 7) is 3.72. The first-order chi connectivity index (χ1) is 14.3. The van der Waals surface area contributed by atoms with Crippen LogP contribution in [0.2, 0.25) is 0 Å². The Labute approximate surface area is 175 Å². The van der Waals surface area contributed by atoms with Gasteiger partial charge in [0, 0.05) is 44.6 Å². The summed E-state index contributed by atoms with van der Waals surface area (Å²) >= 11 is 0. The van der Waals surface area contributed by atoms with Gasteiger partial charge in [-0.1, -0.05) is 0 Å². The summed E-state index contributed by atoms with van der Waals surface area (Å²) in [5.41, 5.74) is 0.759. The number of carbonyl (C=O) groups excluding carboxylic acids is 2. The molecule has 0 spiro atoms. The molecule has 0 radical (unpaired) electrons. The van der Waals surface area contributed by atoms with Gasteiger partial charge in [0.2, 0.25) is 15.9 Å². The lowest BCUT2D eigenvalue weighted by atomic mass is 10.2. The number of sulfonamides is 1. The number of pyridine rings is 1. The predicted molar refractivity (Wildman–Crippen MR) is 108 cm³/mol. The van der Waals surface area contributed by atoms with Gasteiger partial charge >= 0.3 is 5.97 Å². The summed E-state index contributed by atoms with van der Waals surface area (Å²) in [5.74, 6) is -0.646. The largest absolute Gasteiger partial charge is 0.465 e. The fraction of sp³-hybridized carbons (Fsp3) is 0.350. The molecule has 10 heteroatoms. The molecule has 2 aromatic heterocycles. The van der Waals surface area contributed by atoms with E-state index in [1.807, 2.05) is 0 Å². The lowest BCUT2D eigenvalue weighted by Gasteiger charge is -2.33. The summed E-state index contributed by atoms with van der Waals surface area (Å²) in [6.07, 6.45) is 6.41. The van der Waals surface area contributed by atoms with E-state index in [4.69, 9.17) is 9.15 Å². The Balaban J connectivity index is 1.73. The van der Waals surface area contributed by atoms with Gasteiger partial charge in [-0.2, -0.15) is 4.31 Å². The van der Waals surface area contributed by atoms with Gasteiger partial charge in [0.1, 0.15) is 22.0 Å². The van der Waals surface area contributed by atoms with Gasteiger partial charge in [0.05, 0.1) is 7.11 Å². The third kappa shape index (κ3) is 4.29. The fourth-order valence-corrected chi connectivity index (χ4v) is 5.13. The number of nitrogens with zero attached hydrogens (tertiary/aromatic N) is 3. The predicted octanol–water partition coefficient (Wildman–Crippen LogP) is 1.62. The van der Waals surface area contributed by atoms with Crippen molar-refractivity contribution in [2.24, 2.45) is 0 Å². The zero-order chi connectivity index (χ0) is 21.9. The van der Waals surface area contributed by atoms with E-state index in [0.717, 1.165) is 5.56 Å². The molecule has 30 heavy (non-hydrogen) atoms. The number of furan rings is 1. The van der Waals surface area contributed by atoms with Crippen molar-refractivity contribution >= 4 is 28.0 Å². The molecule has 3 heterocycles. The van der Waals surface area contributed by atoms with Crippen LogP contribution in [0.1, 0.15) is 27.4 Å². The maximum absolute atomic E-state index is 13.2. The Morgan fingerprint density at radius 2 is 1.73 bits per heavy atom. The molecule has 9 nitrogen and oxygen atoms in total. The molecule has 2 aromatic rings. The Morgan fingerprint density at radius 3 is 2.33 bits per heavy atom. The number of hydrogen-bond donors (Lipinski definition) is 0. The van der Waals surface area contributed by atoms with Crippen LogP contribution in [0.15, 0.2) is 39.9 Å². The van der Waals surface area contributed by atoms with Crippen LogP contribution in [0, 0.1) is 13.8 Å². The molecule has 1 amide bonds. The highest BCUT2D eigenvalue weighted by atomic mass is 32.2. The summed E-state index contributed by atoms with van der Waals surface area (Å²) in [7, 11) is -2.80. The van der Waals surface area contributed by atoms with Crippen LogP contribution in [0.5, 0.6) is 0 Å². The van der Waals surface area contributed by atoms with Crippen LogP contribution >= 0.6 is 0 Å². The van der Waals surface area contributed by atoms with Crippen LogP contribution in [-0.4, -0.2) is 67.8 Å². The highest BCUT2D eigenvalue weighted by Crippen LogP contribution is 2.30. The van der Waals surface area contributed by atoms with Crippen LogP contribution < -0.4 is 0 Å². The third-order valence-electron chi connectivity index (χ3n) is 4.87. The number of methoxy groups -OCH3 is 1. The first-order valence-corrected chi connectivity index (χ1v) is 10.7. The van der Waals surface area contributed by atoms with Gasteiger partial charge in [0.15, 0.2) is 0 Å². The van der Waals surface area contributed by atoms with E-state index < -0.39 is 16.0 Å². The van der Waals surface area contributed by atoms with Crippen molar-refractivity contribution in [1.29, 1.82) is 0 Å². The maximum atomic E-state index is 13.2. The van der Waals surface area contributed by atoms with E-state index >= 15 is 0 Å². The molecule has 1 fully saturated rings. The number of rotatable bonds is 5. The van der Waals surface area contributed by atoms with Crippen LogP contribution in [0.4, 0.5) is 0 Å². The van der Waals surface area contributed by atoms with E-state index in [0.29, 0.717) is 0 Å². The number of ether oxygens (including phenoxy) is 1. The Hall–Kier alpha value is -2.98. The first-order valence-electron chi connectivity index (χ1n) is 9.31. The molecule has 3 rings (SSSR count). The second-order valence-corrected chi connectivity index (χ2v) is 8.63. The summed E-state index contributed by atoms with van der Waals surface area (Å²) in [5, 5.41) is 0. The molecule has 160 valence electrons. The average molecular weight is 433 g/mol. The molecule has 0 N–H and O–H groups in total. The van der Waals surface area contributed by atoms with Crippen molar-refractivity contribution in [2.75, 3.05) is 33.3 Å². The van der Waals surface area contributed by atoms with Crippen molar-refractivity contribution in [2.45, 2.75) is 18.7 Å². The molecule has 0 atom stereocenters. The molecule has 1 aliphatic heterocycles. The van der Waals surface area contributed by atoms with Crippen LogP contribution in [0.25, 0.3) is 6.08 Å². The zero-order valence-corrected chi connectivity index (χ0v) is 17.8. The average Bonchev–Trinajstić information content (AvgIpc) is 3.06. The lowest BCUT2D eigenvalue weighted by Crippen LogP contribution is -2.50. The van der Waals surface area contributed by atoms with Gasteiger partial charge < -0.3 is 14.1 Å². The van der Waals surface area contributed by atoms with Crippen molar-refractivity contribution in [3.05, 3.63) is 53.2 Å². The van der Waals surface area contributed by atoms with E-state index in [1.165, 1.54) is 31.3 Å². The molecular weight excluding hydrogens is 410 g/mol. The second kappa shape index (κ2) is 8.80. The standard InChI is InChI=1S/C20H23N3O6S/c1-14-18(20(25)28-3)19(15(2)29-14)30(26,27)23-12-10-22(11-13-23)17(24)5-4-16-6-8-21-9-7-16/h4-9H,10-13H2,1-3H3. The normalized spacial score (nSPS) is 15.5. The van der Waals surface area contributed by atoms with Gasteiger partial charge in [-0.3, -0.25) is 9.78 Å². The van der Waals surface area contributed by atoms with E-state index in [2.05, 4.69) is 4.98 Å². The van der Waals surface area contributed by atoms with E-state index in [-0.39, 0.29) is 54.1 Å². The molecule has 0 bridgehead atoms. The van der Waals surface area contributed by atoms with Gasteiger partial charge in [-0.15, -0.1) is 0 Å². The van der Waals surface area contributed by atoms with E-state index in [1.54, 1.807) is 35.5 Å². The molecule has 1 saturated heterocycles. The number of aromatic nitrogens is 1. The molecule has 0 unspecified atom stereocenters. The summed E-state index contributed by atoms with van der Waals surface area (Å²) in [6, 6.07) is 3.56. The van der Waals surface area contributed by atoms with Crippen molar-refractivity contribution in [3.8, 4) is 0 Å². The zero-order valence-electron chi connectivity index (χ0n) is 17.0. The van der Waals surface area contributed by atoms with Gasteiger partial charge in [-0.05, 0) is 37.6 Å². The number of aryl methyl sites for hydroxylation is 2. The lowest BCUT2D eigenvalue weighted by molar-refractivity contribution is -0.127. The topological polar surface area (TPSA) is 110 Å². The van der Waals surface area contributed by atoms with E-state index in [9.17, 15) is 18.0 Å². The van der Waals surface area contributed by atoms with Crippen molar-refractivity contribution in [1.82, 2.24) is 14.2 Å². The van der Waals surface area contributed by atoms with Crippen LogP contribution in [0.3, 0.4) is 0 Å². The fourth-order valence-electron chi connectivity index (χ4n) is 3.34. The smallest absolute Gasteiger partial charge is 0.342 e. The van der Waals surface area contributed by atoms with Gasteiger partial charge in [0.25, 0.3) is 0 Å². The van der Waals surface area contributed by atoms with Gasteiger partial charge in [-0.25, -0.2) is 13.2 Å². The first kappa shape index (κ1) is 21.7. The molecular formula is C20H23N3O6S. The Bertz CT molecular complexity index is 1070. The summed E-state index contributed by atoms with van der Waals surface area (Å²) < 4.78 is 37.7. The Morgan fingerprint density at radius 1 is 1.10 bits per heavy atom. The second-order valence-electron chi connectivity index (χ2n) is 6.75. The molecule has 0 saturated carbocycles. The number of carbonyl (C=O) groups is 2. The number of amides is 1. The third-order valence-corrected chi connectivity index (χ3v) is 6.92. The minimum Gasteiger partial charge on any atom is -0.465 e. The molecule has 0 aromatic carbocycles.